The highest BCUT2D eigenvalue weighted by atomic mass is 16.5. The fourth-order valence-electron chi connectivity index (χ4n) is 3.30. The SMILES string of the molecule is C=C/C=C(\C=C)c1nc(NCCCn2ccnc2)cc(-c2cc(OC)c(OC)c(OC)c2)n1. The van der Waals surface area contributed by atoms with E-state index in [2.05, 4.69) is 28.4 Å². The first kappa shape index (κ1) is 23.6. The second-order valence-electron chi connectivity index (χ2n) is 7.02. The third-order valence-corrected chi connectivity index (χ3v) is 4.92. The molecule has 2 aromatic heterocycles. The van der Waals surface area contributed by atoms with Crippen LogP contribution in [0.15, 0.2) is 68.3 Å². The van der Waals surface area contributed by atoms with Crippen LogP contribution in [0.25, 0.3) is 16.8 Å². The molecule has 3 aromatic rings. The molecule has 0 saturated carbocycles. The number of methoxy groups -OCH3 is 3. The van der Waals surface area contributed by atoms with E-state index >= 15 is 0 Å². The summed E-state index contributed by atoms with van der Waals surface area (Å²) in [6.07, 6.45) is 11.7. The Hall–Kier alpha value is -4.07. The monoisotopic (exact) mass is 447 g/mol. The third kappa shape index (κ3) is 5.79. The van der Waals surface area contributed by atoms with Gasteiger partial charge in [0.05, 0.1) is 33.4 Å². The summed E-state index contributed by atoms with van der Waals surface area (Å²) in [6, 6.07) is 5.62. The molecule has 8 heteroatoms. The summed E-state index contributed by atoms with van der Waals surface area (Å²) in [4.78, 5) is 13.5. The molecule has 0 atom stereocenters. The highest BCUT2D eigenvalue weighted by molar-refractivity contribution is 5.75. The van der Waals surface area contributed by atoms with Crippen LogP contribution in [0, 0.1) is 0 Å². The fraction of sp³-hybridized carbons (Fsp3) is 0.240. The molecule has 0 bridgehead atoms. The molecule has 3 rings (SSSR count). The van der Waals surface area contributed by atoms with E-state index in [0.29, 0.717) is 34.6 Å². The lowest BCUT2D eigenvalue weighted by Crippen LogP contribution is -2.09. The second kappa shape index (κ2) is 11.5. The molecular weight excluding hydrogens is 418 g/mol. The lowest BCUT2D eigenvalue weighted by Gasteiger charge is -2.15. The Labute approximate surface area is 194 Å². The first-order valence-electron chi connectivity index (χ1n) is 10.5. The molecule has 0 radical (unpaired) electrons. The quantitative estimate of drug-likeness (QED) is 0.320. The Morgan fingerprint density at radius 1 is 1.06 bits per heavy atom. The van der Waals surface area contributed by atoms with E-state index < -0.39 is 0 Å². The molecule has 0 fully saturated rings. The van der Waals surface area contributed by atoms with E-state index in [1.165, 1.54) is 0 Å². The van der Waals surface area contributed by atoms with Crippen molar-refractivity contribution in [3.05, 3.63) is 74.1 Å². The predicted molar refractivity (Wildman–Crippen MR) is 131 cm³/mol. The van der Waals surface area contributed by atoms with Gasteiger partial charge < -0.3 is 24.1 Å². The molecule has 0 amide bonds. The normalized spacial score (nSPS) is 11.1. The zero-order valence-electron chi connectivity index (χ0n) is 19.2. The van der Waals surface area contributed by atoms with Gasteiger partial charge in [0.25, 0.3) is 0 Å². The van der Waals surface area contributed by atoms with Crippen LogP contribution in [0.1, 0.15) is 12.2 Å². The Balaban J connectivity index is 1.97. The smallest absolute Gasteiger partial charge is 0.203 e. The number of anilines is 1. The van der Waals surface area contributed by atoms with Crippen LogP contribution >= 0.6 is 0 Å². The Morgan fingerprint density at radius 3 is 2.39 bits per heavy atom. The van der Waals surface area contributed by atoms with Crippen LogP contribution in [-0.4, -0.2) is 47.4 Å². The molecule has 0 aliphatic heterocycles. The van der Waals surface area contributed by atoms with Crippen LogP contribution in [0.2, 0.25) is 0 Å². The Bertz CT molecular complexity index is 1100. The minimum absolute atomic E-state index is 0.522. The fourth-order valence-corrected chi connectivity index (χ4v) is 3.30. The highest BCUT2D eigenvalue weighted by Crippen LogP contribution is 2.41. The van der Waals surface area contributed by atoms with Crippen molar-refractivity contribution in [1.82, 2.24) is 19.5 Å². The summed E-state index contributed by atoms with van der Waals surface area (Å²) in [5.74, 6) is 2.86. The lowest BCUT2D eigenvalue weighted by atomic mass is 10.1. The standard InChI is InChI=1S/C25H29N5O3/c1-6-9-18(7-2)25-28-20(19-14-21(31-3)24(33-5)22(15-19)32-4)16-23(29-25)27-10-8-12-30-13-11-26-17-30/h6-7,9,11,13-17H,1-2,8,10,12H2,3-5H3,(H,27,28,29)/b18-9+. The van der Waals surface area contributed by atoms with E-state index in [4.69, 9.17) is 19.2 Å². The van der Waals surface area contributed by atoms with Crippen LogP contribution in [-0.2, 0) is 6.54 Å². The van der Waals surface area contributed by atoms with E-state index in [0.717, 1.165) is 30.6 Å². The van der Waals surface area contributed by atoms with Gasteiger partial charge in [-0.15, -0.1) is 0 Å². The van der Waals surface area contributed by atoms with Crippen molar-refractivity contribution in [2.45, 2.75) is 13.0 Å². The topological polar surface area (TPSA) is 83.3 Å². The number of hydrogen-bond acceptors (Lipinski definition) is 7. The first-order valence-corrected chi connectivity index (χ1v) is 10.5. The highest BCUT2D eigenvalue weighted by Gasteiger charge is 2.16. The van der Waals surface area contributed by atoms with Gasteiger partial charge in [-0.1, -0.05) is 31.4 Å². The van der Waals surface area contributed by atoms with Gasteiger partial charge in [0, 0.05) is 42.7 Å². The van der Waals surface area contributed by atoms with Crippen molar-refractivity contribution in [1.29, 1.82) is 0 Å². The second-order valence-corrected chi connectivity index (χ2v) is 7.02. The maximum atomic E-state index is 5.51. The van der Waals surface area contributed by atoms with Crippen LogP contribution in [0.5, 0.6) is 17.2 Å². The molecule has 2 heterocycles. The van der Waals surface area contributed by atoms with Gasteiger partial charge in [-0.3, -0.25) is 0 Å². The van der Waals surface area contributed by atoms with Crippen molar-refractivity contribution >= 4 is 11.4 Å². The van der Waals surface area contributed by atoms with Gasteiger partial charge in [0.1, 0.15) is 5.82 Å². The number of rotatable bonds is 12. The van der Waals surface area contributed by atoms with Gasteiger partial charge in [-0.05, 0) is 18.6 Å². The summed E-state index contributed by atoms with van der Waals surface area (Å²) in [5, 5.41) is 3.40. The number of nitrogens with zero attached hydrogens (tertiary/aromatic N) is 4. The molecule has 0 saturated heterocycles. The molecule has 0 aliphatic rings. The number of benzene rings is 1. The minimum atomic E-state index is 0.522. The summed E-state index contributed by atoms with van der Waals surface area (Å²) in [6.45, 7) is 9.26. The average Bonchev–Trinajstić information content (AvgIpc) is 3.37. The molecule has 1 aromatic carbocycles. The lowest BCUT2D eigenvalue weighted by molar-refractivity contribution is 0.324. The molecule has 172 valence electrons. The number of aromatic nitrogens is 4. The Kier molecular flexibility index (Phi) is 8.24. The molecule has 8 nitrogen and oxygen atoms in total. The number of allylic oxidation sites excluding steroid dienone is 4. The molecule has 0 aliphatic carbocycles. The van der Waals surface area contributed by atoms with Crippen molar-refractivity contribution in [3.8, 4) is 28.5 Å². The largest absolute Gasteiger partial charge is 0.493 e. The van der Waals surface area contributed by atoms with Gasteiger partial charge >= 0.3 is 0 Å². The van der Waals surface area contributed by atoms with Gasteiger partial charge in [-0.2, -0.15) is 0 Å². The van der Waals surface area contributed by atoms with Crippen LogP contribution in [0.4, 0.5) is 5.82 Å². The Morgan fingerprint density at radius 2 is 1.82 bits per heavy atom. The zero-order valence-corrected chi connectivity index (χ0v) is 19.2. The molecule has 1 N–H and O–H groups in total. The predicted octanol–water partition coefficient (Wildman–Crippen LogP) is 4.62. The number of imidazole rings is 1. The van der Waals surface area contributed by atoms with E-state index in [1.54, 1.807) is 39.7 Å². The van der Waals surface area contributed by atoms with E-state index in [9.17, 15) is 0 Å². The number of nitrogens with one attached hydrogen (secondary N) is 1. The number of aryl methyl sites for hydroxylation is 1. The summed E-state index contributed by atoms with van der Waals surface area (Å²) >= 11 is 0. The van der Waals surface area contributed by atoms with Crippen molar-refractivity contribution in [3.63, 3.8) is 0 Å². The zero-order chi connectivity index (χ0) is 23.6. The molecule has 0 spiro atoms. The average molecular weight is 448 g/mol. The van der Waals surface area contributed by atoms with Crippen LogP contribution < -0.4 is 19.5 Å². The van der Waals surface area contributed by atoms with Gasteiger partial charge in [0.15, 0.2) is 17.3 Å². The number of hydrogen-bond donors (Lipinski definition) is 1. The summed E-state index contributed by atoms with van der Waals surface area (Å²) in [7, 11) is 4.75. The minimum Gasteiger partial charge on any atom is -0.493 e. The van der Waals surface area contributed by atoms with Crippen molar-refractivity contribution in [2.75, 3.05) is 33.2 Å². The molecule has 0 unspecified atom stereocenters. The summed E-state index contributed by atoms with van der Waals surface area (Å²) < 4.78 is 18.5. The van der Waals surface area contributed by atoms with Crippen LogP contribution in [0.3, 0.4) is 0 Å². The van der Waals surface area contributed by atoms with E-state index in [1.807, 2.05) is 41.4 Å². The van der Waals surface area contributed by atoms with Crippen molar-refractivity contribution in [2.24, 2.45) is 0 Å². The first-order chi connectivity index (χ1) is 16.1. The summed E-state index contributed by atoms with van der Waals surface area (Å²) in [5.41, 5.74) is 2.27. The maximum Gasteiger partial charge on any atom is 0.203 e. The molecular formula is C25H29N5O3. The van der Waals surface area contributed by atoms with Gasteiger partial charge in [-0.25, -0.2) is 15.0 Å². The number of ether oxygens (including phenoxy) is 3. The van der Waals surface area contributed by atoms with Gasteiger partial charge in [0.2, 0.25) is 5.75 Å². The molecule has 33 heavy (non-hydrogen) atoms. The third-order valence-electron chi connectivity index (χ3n) is 4.92. The maximum absolute atomic E-state index is 5.51. The van der Waals surface area contributed by atoms with Crippen molar-refractivity contribution < 1.29 is 14.2 Å². The van der Waals surface area contributed by atoms with E-state index in [-0.39, 0.29) is 0 Å².